The fraction of sp³-hybridized carbons (Fsp3) is 0.250. The summed E-state index contributed by atoms with van der Waals surface area (Å²) in [5.41, 5.74) is -1.09. The SMILES string of the molecule is CCC(Nc1ccc(S(=O)(=O)C(F)F)cc1[N+](=O)[O-])c1cc(F)ccc1F. The van der Waals surface area contributed by atoms with Crippen molar-refractivity contribution in [1.82, 2.24) is 0 Å². The van der Waals surface area contributed by atoms with Crippen LogP contribution in [0.2, 0.25) is 0 Å². The van der Waals surface area contributed by atoms with Gasteiger partial charge < -0.3 is 5.32 Å². The Morgan fingerprint density at radius 3 is 2.37 bits per heavy atom. The second kappa shape index (κ2) is 7.91. The third-order valence-electron chi connectivity index (χ3n) is 3.80. The molecular weight excluding hydrogens is 392 g/mol. The van der Waals surface area contributed by atoms with Crippen molar-refractivity contribution in [2.45, 2.75) is 30.0 Å². The first kappa shape index (κ1) is 20.6. The highest BCUT2D eigenvalue weighted by Gasteiger charge is 2.30. The molecule has 2 aromatic rings. The molecule has 0 aliphatic carbocycles. The van der Waals surface area contributed by atoms with E-state index in [4.69, 9.17) is 0 Å². The van der Waals surface area contributed by atoms with Crippen molar-refractivity contribution in [1.29, 1.82) is 0 Å². The van der Waals surface area contributed by atoms with E-state index >= 15 is 0 Å². The van der Waals surface area contributed by atoms with Crippen LogP contribution in [-0.2, 0) is 9.84 Å². The van der Waals surface area contributed by atoms with Gasteiger partial charge in [-0.25, -0.2) is 17.2 Å². The number of alkyl halides is 2. The van der Waals surface area contributed by atoms with Crippen molar-refractivity contribution in [2.24, 2.45) is 0 Å². The number of nitro groups is 1. The van der Waals surface area contributed by atoms with Crippen molar-refractivity contribution in [3.05, 3.63) is 63.7 Å². The standard InChI is InChI=1S/C16H14F4N2O4S/c1-2-13(11-7-9(17)3-5-12(11)18)21-14-6-4-10(8-15(14)22(23)24)27(25,26)16(19)20/h3-8,13,16,21H,2H2,1H3. The molecule has 1 unspecified atom stereocenters. The maximum Gasteiger partial charge on any atom is 0.341 e. The number of nitrogens with one attached hydrogen (secondary N) is 1. The maximum absolute atomic E-state index is 14.0. The van der Waals surface area contributed by atoms with Crippen LogP contribution in [0.4, 0.5) is 28.9 Å². The van der Waals surface area contributed by atoms with Crippen LogP contribution >= 0.6 is 0 Å². The molecule has 0 aliphatic rings. The summed E-state index contributed by atoms with van der Waals surface area (Å²) in [5.74, 6) is -5.18. The summed E-state index contributed by atoms with van der Waals surface area (Å²) in [7, 11) is -5.02. The number of hydrogen-bond donors (Lipinski definition) is 1. The van der Waals surface area contributed by atoms with Crippen molar-refractivity contribution < 1.29 is 30.9 Å². The number of benzene rings is 2. The van der Waals surface area contributed by atoms with Gasteiger partial charge in [-0.2, -0.15) is 8.78 Å². The fourth-order valence-electron chi connectivity index (χ4n) is 2.43. The summed E-state index contributed by atoms with van der Waals surface area (Å²) in [5, 5.41) is 13.9. The maximum atomic E-state index is 14.0. The summed E-state index contributed by atoms with van der Waals surface area (Å²) in [6, 6.07) is 4.09. The number of sulfone groups is 1. The Hall–Kier alpha value is -2.69. The van der Waals surface area contributed by atoms with E-state index in [0.717, 1.165) is 30.3 Å². The zero-order chi connectivity index (χ0) is 20.4. The summed E-state index contributed by atoms with van der Waals surface area (Å²) < 4.78 is 75.7. The zero-order valence-corrected chi connectivity index (χ0v) is 14.6. The highest BCUT2D eigenvalue weighted by atomic mass is 32.2. The third-order valence-corrected chi connectivity index (χ3v) is 5.18. The molecule has 0 fully saturated rings. The molecule has 0 aromatic heterocycles. The average molecular weight is 406 g/mol. The Balaban J connectivity index is 2.48. The lowest BCUT2D eigenvalue weighted by Gasteiger charge is -2.19. The number of rotatable bonds is 7. The number of anilines is 1. The van der Waals surface area contributed by atoms with Crippen LogP contribution in [0.1, 0.15) is 24.9 Å². The van der Waals surface area contributed by atoms with Gasteiger partial charge in [0.1, 0.15) is 17.3 Å². The van der Waals surface area contributed by atoms with Gasteiger partial charge in [-0.3, -0.25) is 10.1 Å². The van der Waals surface area contributed by atoms with E-state index in [1.165, 1.54) is 0 Å². The smallest absolute Gasteiger partial charge is 0.341 e. The largest absolute Gasteiger partial charge is 0.373 e. The average Bonchev–Trinajstić information content (AvgIpc) is 2.61. The zero-order valence-electron chi connectivity index (χ0n) is 13.8. The molecule has 0 saturated carbocycles. The van der Waals surface area contributed by atoms with Gasteiger partial charge in [0.25, 0.3) is 5.69 Å². The molecule has 2 aromatic carbocycles. The van der Waals surface area contributed by atoms with Crippen LogP contribution in [-0.4, -0.2) is 19.1 Å². The fourth-order valence-corrected chi connectivity index (χ4v) is 3.17. The Labute approximate surface area is 151 Å². The highest BCUT2D eigenvalue weighted by molar-refractivity contribution is 7.91. The quantitative estimate of drug-likeness (QED) is 0.417. The lowest BCUT2D eigenvalue weighted by molar-refractivity contribution is -0.384. The molecule has 146 valence electrons. The second-order valence-corrected chi connectivity index (χ2v) is 7.43. The summed E-state index contributed by atoms with van der Waals surface area (Å²) in [4.78, 5) is 9.37. The van der Waals surface area contributed by atoms with Crippen LogP contribution < -0.4 is 5.32 Å². The molecule has 1 N–H and O–H groups in total. The Bertz CT molecular complexity index is 967. The van der Waals surface area contributed by atoms with E-state index in [1.807, 2.05) is 0 Å². The van der Waals surface area contributed by atoms with E-state index in [2.05, 4.69) is 5.32 Å². The van der Waals surface area contributed by atoms with Gasteiger partial charge in [-0.05, 0) is 36.8 Å². The number of nitrogens with zero attached hydrogens (tertiary/aromatic N) is 1. The minimum atomic E-state index is -5.02. The van der Waals surface area contributed by atoms with E-state index in [9.17, 15) is 36.1 Å². The second-order valence-electron chi connectivity index (χ2n) is 5.51. The van der Waals surface area contributed by atoms with Gasteiger partial charge in [0.15, 0.2) is 0 Å². The predicted molar refractivity (Wildman–Crippen MR) is 89.3 cm³/mol. The lowest BCUT2D eigenvalue weighted by atomic mass is 10.0. The van der Waals surface area contributed by atoms with E-state index in [-0.39, 0.29) is 17.7 Å². The van der Waals surface area contributed by atoms with E-state index in [1.54, 1.807) is 6.92 Å². The lowest BCUT2D eigenvalue weighted by Crippen LogP contribution is -2.15. The van der Waals surface area contributed by atoms with Crippen LogP contribution in [0, 0.1) is 21.7 Å². The monoisotopic (exact) mass is 406 g/mol. The molecule has 11 heteroatoms. The van der Waals surface area contributed by atoms with Crippen molar-refractivity contribution in [2.75, 3.05) is 5.32 Å². The molecule has 2 rings (SSSR count). The summed E-state index contributed by atoms with van der Waals surface area (Å²) >= 11 is 0. The van der Waals surface area contributed by atoms with Gasteiger partial charge in [-0.1, -0.05) is 6.92 Å². The molecule has 0 spiro atoms. The van der Waals surface area contributed by atoms with Crippen LogP contribution in [0.3, 0.4) is 0 Å². The molecule has 6 nitrogen and oxygen atoms in total. The van der Waals surface area contributed by atoms with Crippen LogP contribution in [0.25, 0.3) is 0 Å². The molecule has 0 bridgehead atoms. The topological polar surface area (TPSA) is 89.3 Å². The first-order valence-electron chi connectivity index (χ1n) is 7.60. The first-order valence-corrected chi connectivity index (χ1v) is 9.14. The van der Waals surface area contributed by atoms with Gasteiger partial charge in [0.2, 0.25) is 9.84 Å². The van der Waals surface area contributed by atoms with E-state index in [0.29, 0.717) is 6.07 Å². The van der Waals surface area contributed by atoms with Gasteiger partial charge in [-0.15, -0.1) is 0 Å². The van der Waals surface area contributed by atoms with Gasteiger partial charge in [0, 0.05) is 11.6 Å². The molecule has 1 atom stereocenters. The Kier molecular flexibility index (Phi) is 6.04. The Morgan fingerprint density at radius 2 is 1.81 bits per heavy atom. The highest BCUT2D eigenvalue weighted by Crippen LogP contribution is 2.33. The van der Waals surface area contributed by atoms with Gasteiger partial charge >= 0.3 is 5.76 Å². The normalized spacial score (nSPS) is 12.8. The third kappa shape index (κ3) is 4.35. The number of nitro benzene ring substituents is 1. The number of hydrogen-bond acceptors (Lipinski definition) is 5. The van der Waals surface area contributed by atoms with Crippen LogP contribution in [0.15, 0.2) is 41.3 Å². The first-order chi connectivity index (χ1) is 12.6. The van der Waals surface area contributed by atoms with Crippen molar-refractivity contribution in [3.8, 4) is 0 Å². The van der Waals surface area contributed by atoms with E-state index < -0.39 is 48.8 Å². The molecule has 0 saturated heterocycles. The molecule has 27 heavy (non-hydrogen) atoms. The minimum absolute atomic E-state index is 0.0870. The predicted octanol–water partition coefficient (Wildman–Crippen LogP) is 4.43. The molecule has 0 amide bonds. The van der Waals surface area contributed by atoms with Gasteiger partial charge in [0.05, 0.1) is 15.9 Å². The Morgan fingerprint density at radius 1 is 1.15 bits per heavy atom. The molecular formula is C16H14F4N2O4S. The molecule has 0 radical (unpaired) electrons. The van der Waals surface area contributed by atoms with Crippen molar-refractivity contribution >= 4 is 21.2 Å². The minimum Gasteiger partial charge on any atom is -0.373 e. The molecule has 0 aliphatic heterocycles. The number of halogens is 4. The van der Waals surface area contributed by atoms with Crippen molar-refractivity contribution in [3.63, 3.8) is 0 Å². The summed E-state index contributed by atoms with van der Waals surface area (Å²) in [6.45, 7) is 1.61. The molecule has 0 heterocycles. The van der Waals surface area contributed by atoms with Crippen LogP contribution in [0.5, 0.6) is 0 Å². The summed E-state index contributed by atoms with van der Waals surface area (Å²) in [6.07, 6.45) is 0.203.